The van der Waals surface area contributed by atoms with Gasteiger partial charge in [-0.2, -0.15) is 5.10 Å². The van der Waals surface area contributed by atoms with Crippen molar-refractivity contribution < 1.29 is 19.2 Å². The van der Waals surface area contributed by atoms with Crippen LogP contribution in [0.5, 0.6) is 11.5 Å². The Labute approximate surface area is 151 Å². The maximum absolute atomic E-state index is 12.0. The molecule has 0 bridgehead atoms. The van der Waals surface area contributed by atoms with E-state index in [9.17, 15) is 14.9 Å². The number of halogens is 1. The Hall–Kier alpha value is -2.94. The van der Waals surface area contributed by atoms with E-state index in [1.54, 1.807) is 12.1 Å². The van der Waals surface area contributed by atoms with Crippen LogP contribution in [-0.2, 0) is 0 Å². The van der Waals surface area contributed by atoms with E-state index in [2.05, 4.69) is 26.5 Å². The van der Waals surface area contributed by atoms with E-state index < -0.39 is 10.8 Å². The fraction of sp³-hybridized carbons (Fsp3) is 0.125. The molecule has 0 heterocycles. The molecule has 2 aromatic rings. The van der Waals surface area contributed by atoms with E-state index in [0.29, 0.717) is 17.1 Å². The summed E-state index contributed by atoms with van der Waals surface area (Å²) in [6, 6.07) is 8.70. The van der Waals surface area contributed by atoms with Crippen molar-refractivity contribution in [2.45, 2.75) is 0 Å². The number of amides is 1. The minimum absolute atomic E-state index is 0.0916. The first-order chi connectivity index (χ1) is 12.0. The molecule has 0 aliphatic heterocycles. The summed E-state index contributed by atoms with van der Waals surface area (Å²) in [5, 5.41) is 14.5. The lowest BCUT2D eigenvalue weighted by Crippen LogP contribution is -2.17. The number of hydrogen-bond acceptors (Lipinski definition) is 6. The maximum atomic E-state index is 12.0. The topological polar surface area (TPSA) is 103 Å². The molecule has 0 saturated heterocycles. The SMILES string of the molecule is COc1cc(Br)cc(/C=N/NC(=O)c2ccc([N+](=O)[O-])cc2)c1OC. The maximum Gasteiger partial charge on any atom is 0.271 e. The van der Waals surface area contributed by atoms with Crippen molar-refractivity contribution in [2.24, 2.45) is 5.10 Å². The van der Waals surface area contributed by atoms with E-state index in [1.165, 1.54) is 44.7 Å². The van der Waals surface area contributed by atoms with Crippen LogP contribution in [0.15, 0.2) is 46.0 Å². The number of rotatable bonds is 6. The standard InChI is InChI=1S/C16H14BrN3O5/c1-24-14-8-12(17)7-11(15(14)25-2)9-18-19-16(21)10-3-5-13(6-4-10)20(22)23/h3-9H,1-2H3,(H,19,21)/b18-9+. The number of nitro groups is 1. The number of nitrogens with zero attached hydrogens (tertiary/aromatic N) is 2. The van der Waals surface area contributed by atoms with Crippen molar-refractivity contribution in [1.82, 2.24) is 5.43 Å². The van der Waals surface area contributed by atoms with Crippen LogP contribution in [-0.4, -0.2) is 31.3 Å². The third-order valence-electron chi connectivity index (χ3n) is 3.18. The first-order valence-electron chi connectivity index (χ1n) is 6.95. The Kier molecular flexibility index (Phi) is 6.07. The average molecular weight is 408 g/mol. The number of carbonyl (C=O) groups is 1. The van der Waals surface area contributed by atoms with E-state index >= 15 is 0 Å². The highest BCUT2D eigenvalue weighted by Crippen LogP contribution is 2.33. The number of hydrogen-bond donors (Lipinski definition) is 1. The third-order valence-corrected chi connectivity index (χ3v) is 3.64. The summed E-state index contributed by atoms with van der Waals surface area (Å²) < 4.78 is 11.3. The molecule has 1 amide bonds. The van der Waals surface area contributed by atoms with Crippen LogP contribution in [0.2, 0.25) is 0 Å². The summed E-state index contributed by atoms with van der Waals surface area (Å²) in [6.07, 6.45) is 1.41. The van der Waals surface area contributed by atoms with Gasteiger partial charge in [-0.1, -0.05) is 15.9 Å². The molecule has 0 unspecified atom stereocenters. The summed E-state index contributed by atoms with van der Waals surface area (Å²) >= 11 is 3.35. The van der Waals surface area contributed by atoms with Crippen molar-refractivity contribution in [3.8, 4) is 11.5 Å². The largest absolute Gasteiger partial charge is 0.493 e. The van der Waals surface area contributed by atoms with Crippen LogP contribution in [0.4, 0.5) is 5.69 Å². The summed E-state index contributed by atoms with van der Waals surface area (Å²) in [5.41, 5.74) is 3.11. The number of hydrazone groups is 1. The van der Waals surface area contributed by atoms with Crippen molar-refractivity contribution in [2.75, 3.05) is 14.2 Å². The van der Waals surface area contributed by atoms with Gasteiger partial charge in [0, 0.05) is 27.7 Å². The number of carbonyl (C=O) groups excluding carboxylic acids is 1. The fourth-order valence-corrected chi connectivity index (χ4v) is 2.47. The van der Waals surface area contributed by atoms with Gasteiger partial charge in [-0.25, -0.2) is 5.43 Å². The number of non-ortho nitro benzene ring substituents is 1. The van der Waals surface area contributed by atoms with Crippen LogP contribution in [0.1, 0.15) is 15.9 Å². The molecule has 2 aromatic carbocycles. The zero-order valence-corrected chi connectivity index (χ0v) is 14.9. The number of ether oxygens (including phenoxy) is 2. The lowest BCUT2D eigenvalue weighted by atomic mass is 10.2. The van der Waals surface area contributed by atoms with Crippen LogP contribution in [0.25, 0.3) is 0 Å². The van der Waals surface area contributed by atoms with Crippen LogP contribution >= 0.6 is 15.9 Å². The first-order valence-corrected chi connectivity index (χ1v) is 7.75. The van der Waals surface area contributed by atoms with Gasteiger partial charge in [0.25, 0.3) is 11.6 Å². The van der Waals surface area contributed by atoms with E-state index in [4.69, 9.17) is 9.47 Å². The fourth-order valence-electron chi connectivity index (χ4n) is 2.01. The second-order valence-electron chi connectivity index (χ2n) is 4.73. The Morgan fingerprint density at radius 2 is 1.92 bits per heavy atom. The number of nitro benzene ring substituents is 1. The van der Waals surface area contributed by atoms with Gasteiger partial charge in [0.2, 0.25) is 0 Å². The molecule has 0 aliphatic carbocycles. The molecule has 0 radical (unpaired) electrons. The average Bonchev–Trinajstić information content (AvgIpc) is 2.61. The van der Waals surface area contributed by atoms with Gasteiger partial charge in [0.05, 0.1) is 25.4 Å². The molecule has 0 aliphatic rings. The second kappa shape index (κ2) is 8.25. The van der Waals surface area contributed by atoms with Crippen LogP contribution in [0.3, 0.4) is 0 Å². The van der Waals surface area contributed by atoms with E-state index in [0.717, 1.165) is 4.47 Å². The Balaban J connectivity index is 2.14. The van der Waals surface area contributed by atoms with Crippen molar-refractivity contribution >= 4 is 33.7 Å². The van der Waals surface area contributed by atoms with Crippen LogP contribution < -0.4 is 14.9 Å². The Bertz CT molecular complexity index is 821. The molecule has 0 fully saturated rings. The molecule has 8 nitrogen and oxygen atoms in total. The molecule has 0 atom stereocenters. The quantitative estimate of drug-likeness (QED) is 0.450. The third kappa shape index (κ3) is 4.54. The first kappa shape index (κ1) is 18.4. The van der Waals surface area contributed by atoms with Gasteiger partial charge in [-0.05, 0) is 24.3 Å². The molecule has 0 saturated carbocycles. The zero-order chi connectivity index (χ0) is 18.4. The molecule has 1 N–H and O–H groups in total. The monoisotopic (exact) mass is 407 g/mol. The van der Waals surface area contributed by atoms with Gasteiger partial charge in [-0.3, -0.25) is 14.9 Å². The van der Waals surface area contributed by atoms with Gasteiger partial charge in [0.1, 0.15) is 0 Å². The Morgan fingerprint density at radius 1 is 1.24 bits per heavy atom. The Morgan fingerprint density at radius 3 is 2.48 bits per heavy atom. The molecular weight excluding hydrogens is 394 g/mol. The lowest BCUT2D eigenvalue weighted by molar-refractivity contribution is -0.384. The van der Waals surface area contributed by atoms with Gasteiger partial charge in [0.15, 0.2) is 11.5 Å². The predicted octanol–water partition coefficient (Wildman–Crippen LogP) is 3.14. The van der Waals surface area contributed by atoms with Crippen molar-refractivity contribution in [3.63, 3.8) is 0 Å². The summed E-state index contributed by atoms with van der Waals surface area (Å²) in [4.78, 5) is 22.1. The normalized spacial score (nSPS) is 10.5. The molecule has 130 valence electrons. The minimum Gasteiger partial charge on any atom is -0.493 e. The summed E-state index contributed by atoms with van der Waals surface area (Å²) in [7, 11) is 3.01. The predicted molar refractivity (Wildman–Crippen MR) is 95.4 cm³/mol. The number of nitrogens with one attached hydrogen (secondary N) is 1. The molecule has 0 aromatic heterocycles. The van der Waals surface area contributed by atoms with Gasteiger partial charge >= 0.3 is 0 Å². The zero-order valence-electron chi connectivity index (χ0n) is 13.4. The smallest absolute Gasteiger partial charge is 0.271 e. The molecule has 0 spiro atoms. The summed E-state index contributed by atoms with van der Waals surface area (Å²) in [6.45, 7) is 0. The lowest BCUT2D eigenvalue weighted by Gasteiger charge is -2.10. The highest BCUT2D eigenvalue weighted by molar-refractivity contribution is 9.10. The van der Waals surface area contributed by atoms with Gasteiger partial charge < -0.3 is 9.47 Å². The molecule has 9 heteroatoms. The number of benzene rings is 2. The van der Waals surface area contributed by atoms with Gasteiger partial charge in [-0.15, -0.1) is 0 Å². The van der Waals surface area contributed by atoms with Crippen molar-refractivity contribution in [3.05, 3.63) is 62.1 Å². The van der Waals surface area contributed by atoms with Crippen molar-refractivity contribution in [1.29, 1.82) is 0 Å². The molecule has 2 rings (SSSR count). The van der Waals surface area contributed by atoms with E-state index in [-0.39, 0.29) is 11.3 Å². The van der Waals surface area contributed by atoms with E-state index in [1.807, 2.05) is 0 Å². The molecular formula is C16H14BrN3O5. The highest BCUT2D eigenvalue weighted by Gasteiger charge is 2.11. The summed E-state index contributed by atoms with van der Waals surface area (Å²) in [5.74, 6) is 0.492. The molecule has 25 heavy (non-hydrogen) atoms. The minimum atomic E-state index is -0.535. The second-order valence-corrected chi connectivity index (χ2v) is 5.65. The number of methoxy groups -OCH3 is 2. The van der Waals surface area contributed by atoms with Crippen LogP contribution in [0, 0.1) is 10.1 Å². The highest BCUT2D eigenvalue weighted by atomic mass is 79.9.